The summed E-state index contributed by atoms with van der Waals surface area (Å²) in [5.74, 6) is -0.980. The number of hydrogen-bond donors (Lipinski definition) is 1. The molecule has 10 heteroatoms. The van der Waals surface area contributed by atoms with E-state index in [1.54, 1.807) is 13.1 Å². The molecule has 0 radical (unpaired) electrons. The third-order valence-corrected chi connectivity index (χ3v) is 4.20. The number of rotatable bonds is 5. The van der Waals surface area contributed by atoms with Gasteiger partial charge in [0.2, 0.25) is 5.91 Å². The van der Waals surface area contributed by atoms with Crippen LogP contribution in [0.25, 0.3) is 11.4 Å². The van der Waals surface area contributed by atoms with Crippen LogP contribution in [0.3, 0.4) is 0 Å². The molecule has 1 aromatic heterocycles. The number of halogens is 4. The topological polar surface area (TPSA) is 59.8 Å². The molecule has 130 valence electrons. The van der Waals surface area contributed by atoms with Gasteiger partial charge in [-0.15, -0.1) is 10.2 Å². The van der Waals surface area contributed by atoms with E-state index >= 15 is 0 Å². The summed E-state index contributed by atoms with van der Waals surface area (Å²) >= 11 is 0.938. The van der Waals surface area contributed by atoms with Gasteiger partial charge in [0, 0.05) is 7.05 Å². The van der Waals surface area contributed by atoms with Crippen LogP contribution < -0.4 is 5.32 Å². The molecule has 2 aromatic rings. The summed E-state index contributed by atoms with van der Waals surface area (Å²) < 4.78 is 51.6. The van der Waals surface area contributed by atoms with Gasteiger partial charge in [-0.3, -0.25) is 4.79 Å². The maximum Gasteiger partial charge on any atom is 0.405 e. The second-order valence-corrected chi connectivity index (χ2v) is 6.25. The zero-order chi connectivity index (χ0) is 17.9. The number of aromatic nitrogens is 3. The fourth-order valence-corrected chi connectivity index (χ4v) is 2.68. The van der Waals surface area contributed by atoms with E-state index in [-0.39, 0.29) is 11.4 Å². The maximum absolute atomic E-state index is 13.8. The van der Waals surface area contributed by atoms with Crippen molar-refractivity contribution in [2.75, 3.05) is 6.54 Å². The van der Waals surface area contributed by atoms with E-state index < -0.39 is 29.7 Å². The molecule has 0 saturated heterocycles. The summed E-state index contributed by atoms with van der Waals surface area (Å²) in [5.41, 5.74) is 0.244. The Morgan fingerprint density at radius 2 is 2.00 bits per heavy atom. The molecule has 1 heterocycles. The van der Waals surface area contributed by atoms with E-state index in [0.717, 1.165) is 11.8 Å². The van der Waals surface area contributed by atoms with Gasteiger partial charge >= 0.3 is 6.18 Å². The largest absolute Gasteiger partial charge is 0.405 e. The summed E-state index contributed by atoms with van der Waals surface area (Å²) in [7, 11) is 1.59. The van der Waals surface area contributed by atoms with Crippen LogP contribution in [0.2, 0.25) is 0 Å². The Morgan fingerprint density at radius 1 is 1.33 bits per heavy atom. The molecule has 24 heavy (non-hydrogen) atoms. The Labute approximate surface area is 139 Å². The molecule has 2 rings (SSSR count). The number of carbonyl (C=O) groups excluding carboxylic acids is 1. The molecular formula is C14H14F4N4OS. The average molecular weight is 362 g/mol. The molecule has 0 aliphatic heterocycles. The van der Waals surface area contributed by atoms with Crippen LogP contribution in [-0.4, -0.2) is 38.6 Å². The highest BCUT2D eigenvalue weighted by Crippen LogP contribution is 2.27. The Hall–Kier alpha value is -2.10. The van der Waals surface area contributed by atoms with Crippen LogP contribution in [-0.2, 0) is 11.8 Å². The predicted octanol–water partition coefficient (Wildman–Crippen LogP) is 2.78. The summed E-state index contributed by atoms with van der Waals surface area (Å²) in [5, 5.41) is 9.04. The van der Waals surface area contributed by atoms with Crippen molar-refractivity contribution in [1.29, 1.82) is 0 Å². The second kappa shape index (κ2) is 7.20. The Morgan fingerprint density at radius 3 is 2.62 bits per heavy atom. The van der Waals surface area contributed by atoms with Gasteiger partial charge in [-0.2, -0.15) is 13.2 Å². The highest BCUT2D eigenvalue weighted by molar-refractivity contribution is 8.00. The van der Waals surface area contributed by atoms with Crippen LogP contribution in [0.15, 0.2) is 29.4 Å². The molecule has 0 bridgehead atoms. The lowest BCUT2D eigenvalue weighted by Gasteiger charge is -2.13. The van der Waals surface area contributed by atoms with Crippen LogP contribution in [0.5, 0.6) is 0 Å². The molecular weight excluding hydrogens is 348 g/mol. The van der Waals surface area contributed by atoms with Crippen molar-refractivity contribution in [3.8, 4) is 11.4 Å². The van der Waals surface area contributed by atoms with E-state index in [9.17, 15) is 22.4 Å². The fourth-order valence-electron chi connectivity index (χ4n) is 1.84. The lowest BCUT2D eigenvalue weighted by Crippen LogP contribution is -2.38. The Bertz CT molecular complexity index is 732. The number of nitrogens with zero attached hydrogens (tertiary/aromatic N) is 3. The summed E-state index contributed by atoms with van der Waals surface area (Å²) in [6.45, 7) is 0.0594. The minimum Gasteiger partial charge on any atom is -0.346 e. The predicted molar refractivity (Wildman–Crippen MR) is 80.8 cm³/mol. The average Bonchev–Trinajstić information content (AvgIpc) is 2.85. The highest BCUT2D eigenvalue weighted by Gasteiger charge is 2.29. The quantitative estimate of drug-likeness (QED) is 0.656. The molecule has 0 saturated carbocycles. The van der Waals surface area contributed by atoms with E-state index in [4.69, 9.17) is 0 Å². The Balaban J connectivity index is 2.09. The number of alkyl halides is 3. The molecule has 0 aliphatic rings. The van der Waals surface area contributed by atoms with Crippen LogP contribution in [0.4, 0.5) is 17.6 Å². The zero-order valence-electron chi connectivity index (χ0n) is 12.8. The first kappa shape index (κ1) is 18.2. The molecule has 0 fully saturated rings. The highest BCUT2D eigenvalue weighted by atomic mass is 32.2. The minimum absolute atomic E-state index is 0.244. The van der Waals surface area contributed by atoms with E-state index in [0.29, 0.717) is 5.16 Å². The van der Waals surface area contributed by atoms with Gasteiger partial charge in [-0.05, 0) is 19.1 Å². The smallest absolute Gasteiger partial charge is 0.346 e. The molecule has 1 N–H and O–H groups in total. The van der Waals surface area contributed by atoms with Crippen molar-refractivity contribution >= 4 is 17.7 Å². The van der Waals surface area contributed by atoms with E-state index in [1.165, 1.54) is 29.7 Å². The van der Waals surface area contributed by atoms with Crippen molar-refractivity contribution in [3.63, 3.8) is 0 Å². The second-order valence-electron chi connectivity index (χ2n) is 4.94. The third-order valence-electron chi connectivity index (χ3n) is 3.06. The number of amides is 1. The molecule has 0 aliphatic carbocycles. The number of nitrogens with one attached hydrogen (secondary N) is 1. The standard InChI is InChI=1S/C14H14F4N4OS/c1-8(12(23)19-7-14(16,17)18)24-13-21-20-11(22(13)2)9-5-3-4-6-10(9)15/h3-6,8H,7H2,1-2H3,(H,19,23). The van der Waals surface area contributed by atoms with Crippen LogP contribution in [0.1, 0.15) is 6.92 Å². The molecule has 1 unspecified atom stereocenters. The molecule has 1 amide bonds. The Kier molecular flexibility index (Phi) is 5.47. The van der Waals surface area contributed by atoms with Crippen molar-refractivity contribution < 1.29 is 22.4 Å². The first-order chi connectivity index (χ1) is 11.2. The SMILES string of the molecule is CC(Sc1nnc(-c2ccccc2F)n1C)C(=O)NCC(F)(F)F. The van der Waals surface area contributed by atoms with Crippen LogP contribution >= 0.6 is 11.8 Å². The van der Waals surface area contributed by atoms with Gasteiger partial charge in [-0.25, -0.2) is 4.39 Å². The van der Waals surface area contributed by atoms with E-state index in [1.807, 2.05) is 5.32 Å². The maximum atomic E-state index is 13.8. The van der Waals surface area contributed by atoms with Gasteiger partial charge in [0.25, 0.3) is 0 Å². The summed E-state index contributed by atoms with van der Waals surface area (Å²) in [6, 6.07) is 6.00. The van der Waals surface area contributed by atoms with Gasteiger partial charge in [0.15, 0.2) is 11.0 Å². The van der Waals surface area contributed by atoms with Crippen LogP contribution in [0, 0.1) is 5.82 Å². The van der Waals surface area contributed by atoms with Crippen molar-refractivity contribution in [3.05, 3.63) is 30.1 Å². The van der Waals surface area contributed by atoms with Crippen molar-refractivity contribution in [2.24, 2.45) is 7.05 Å². The molecule has 1 aromatic carbocycles. The number of benzene rings is 1. The van der Waals surface area contributed by atoms with Gasteiger partial charge in [-0.1, -0.05) is 23.9 Å². The first-order valence-corrected chi connectivity index (χ1v) is 7.72. The monoisotopic (exact) mass is 362 g/mol. The van der Waals surface area contributed by atoms with Gasteiger partial charge in [0.05, 0.1) is 10.8 Å². The molecule has 0 spiro atoms. The minimum atomic E-state index is -4.47. The van der Waals surface area contributed by atoms with Crippen molar-refractivity contribution in [1.82, 2.24) is 20.1 Å². The zero-order valence-corrected chi connectivity index (χ0v) is 13.6. The molecule has 1 atom stereocenters. The number of carbonyl (C=O) groups is 1. The lowest BCUT2D eigenvalue weighted by molar-refractivity contribution is -0.137. The fraction of sp³-hybridized carbons (Fsp3) is 0.357. The summed E-state index contributed by atoms with van der Waals surface area (Å²) in [6.07, 6.45) is -4.47. The summed E-state index contributed by atoms with van der Waals surface area (Å²) in [4.78, 5) is 11.7. The van der Waals surface area contributed by atoms with E-state index in [2.05, 4.69) is 10.2 Å². The lowest BCUT2D eigenvalue weighted by atomic mass is 10.2. The van der Waals surface area contributed by atoms with Crippen molar-refractivity contribution in [2.45, 2.75) is 23.5 Å². The molecule has 5 nitrogen and oxygen atoms in total. The first-order valence-electron chi connectivity index (χ1n) is 6.84. The third kappa shape index (κ3) is 4.47. The van der Waals surface area contributed by atoms with Gasteiger partial charge in [0.1, 0.15) is 12.4 Å². The number of hydrogen-bond acceptors (Lipinski definition) is 4. The number of thioether (sulfide) groups is 1. The normalized spacial score (nSPS) is 12.9. The van der Waals surface area contributed by atoms with Gasteiger partial charge < -0.3 is 9.88 Å².